The van der Waals surface area contributed by atoms with Crippen molar-refractivity contribution >= 4 is 28.5 Å². The maximum atomic E-state index is 13.8. The zero-order chi connectivity index (χ0) is 23.4. The van der Waals surface area contributed by atoms with E-state index in [0.29, 0.717) is 22.5 Å². The van der Waals surface area contributed by atoms with Gasteiger partial charge < -0.3 is 15.4 Å². The van der Waals surface area contributed by atoms with Crippen LogP contribution in [-0.2, 0) is 11.4 Å². The second kappa shape index (κ2) is 9.43. The summed E-state index contributed by atoms with van der Waals surface area (Å²) in [5.41, 5.74) is 0.447. The van der Waals surface area contributed by atoms with Crippen molar-refractivity contribution in [1.29, 1.82) is 0 Å². The van der Waals surface area contributed by atoms with Crippen LogP contribution in [-0.4, -0.2) is 28.6 Å². The van der Waals surface area contributed by atoms with Gasteiger partial charge in [0.25, 0.3) is 5.91 Å². The first-order chi connectivity index (χ1) is 15.9. The zero-order valence-electron chi connectivity index (χ0n) is 17.0. The van der Waals surface area contributed by atoms with Crippen LogP contribution in [0.1, 0.15) is 15.9 Å². The number of nitrogens with zero attached hydrogens (tertiary/aromatic N) is 1. The molecule has 0 saturated carbocycles. The van der Waals surface area contributed by atoms with Gasteiger partial charge in [0, 0.05) is 10.9 Å². The summed E-state index contributed by atoms with van der Waals surface area (Å²) in [6.45, 7) is -0.817. The minimum absolute atomic E-state index is 0.178. The first-order valence-corrected chi connectivity index (χ1v) is 9.79. The molecule has 3 N–H and O–H groups in total. The Hall–Kier alpha value is -4.34. The van der Waals surface area contributed by atoms with Crippen LogP contribution in [0.3, 0.4) is 0 Å². The van der Waals surface area contributed by atoms with E-state index >= 15 is 0 Å². The van der Waals surface area contributed by atoms with Crippen molar-refractivity contribution in [3.8, 4) is 5.75 Å². The zero-order valence-corrected chi connectivity index (χ0v) is 17.0. The van der Waals surface area contributed by atoms with Gasteiger partial charge in [0.2, 0.25) is 5.91 Å². The van der Waals surface area contributed by atoms with Crippen molar-refractivity contribution in [3.05, 3.63) is 89.2 Å². The molecule has 0 aliphatic heterocycles. The molecule has 1 heterocycles. The number of hydrogen-bond donors (Lipinski definition) is 3. The summed E-state index contributed by atoms with van der Waals surface area (Å²) in [5.74, 6) is -3.93. The van der Waals surface area contributed by atoms with Crippen molar-refractivity contribution in [2.45, 2.75) is 6.61 Å². The Labute approximate surface area is 185 Å². The molecule has 0 unspecified atom stereocenters. The predicted molar refractivity (Wildman–Crippen MR) is 114 cm³/mol. The highest BCUT2D eigenvalue weighted by Gasteiger charge is 2.16. The third kappa shape index (κ3) is 4.95. The molecule has 0 aliphatic carbocycles. The van der Waals surface area contributed by atoms with Crippen LogP contribution in [0.4, 0.5) is 19.0 Å². The van der Waals surface area contributed by atoms with E-state index in [1.807, 2.05) is 0 Å². The van der Waals surface area contributed by atoms with Gasteiger partial charge in [0.05, 0.1) is 17.6 Å². The largest absolute Gasteiger partial charge is 0.489 e. The van der Waals surface area contributed by atoms with E-state index in [0.717, 1.165) is 6.07 Å². The normalized spacial score (nSPS) is 10.8. The number of fused-ring (bicyclic) bond motifs is 1. The molecule has 4 rings (SSSR count). The Balaban J connectivity index is 1.42. The molecule has 0 radical (unpaired) electrons. The van der Waals surface area contributed by atoms with Gasteiger partial charge in [-0.2, -0.15) is 5.10 Å². The lowest BCUT2D eigenvalue weighted by atomic mass is 10.2. The summed E-state index contributed by atoms with van der Waals surface area (Å²) in [6, 6.07) is 14.6. The highest BCUT2D eigenvalue weighted by atomic mass is 19.2. The highest BCUT2D eigenvalue weighted by molar-refractivity contribution is 6.03. The molecule has 33 heavy (non-hydrogen) atoms. The van der Waals surface area contributed by atoms with E-state index in [-0.39, 0.29) is 18.1 Å². The fraction of sp³-hybridized carbons (Fsp3) is 0.0870. The van der Waals surface area contributed by atoms with Crippen molar-refractivity contribution < 1.29 is 27.5 Å². The Morgan fingerprint density at radius 3 is 2.52 bits per heavy atom. The van der Waals surface area contributed by atoms with Crippen LogP contribution < -0.4 is 15.4 Å². The van der Waals surface area contributed by atoms with Gasteiger partial charge in [-0.15, -0.1) is 0 Å². The second-order valence-corrected chi connectivity index (χ2v) is 6.99. The molecule has 0 fully saturated rings. The number of ether oxygens (including phenoxy) is 1. The molecule has 1 aromatic heterocycles. The van der Waals surface area contributed by atoms with E-state index in [1.165, 1.54) is 12.1 Å². The van der Waals surface area contributed by atoms with Crippen LogP contribution in [0, 0.1) is 17.5 Å². The van der Waals surface area contributed by atoms with Gasteiger partial charge in [0.15, 0.2) is 17.5 Å². The molecule has 7 nitrogen and oxygen atoms in total. The van der Waals surface area contributed by atoms with Gasteiger partial charge in [-0.1, -0.05) is 18.2 Å². The van der Waals surface area contributed by atoms with Gasteiger partial charge in [-0.05, 0) is 42.5 Å². The van der Waals surface area contributed by atoms with Crippen LogP contribution in [0.2, 0.25) is 0 Å². The molecule has 4 aromatic rings. The molecule has 0 spiro atoms. The number of carbonyl (C=O) groups is 2. The maximum absolute atomic E-state index is 13.8. The molecule has 168 valence electrons. The summed E-state index contributed by atoms with van der Waals surface area (Å²) in [7, 11) is 0. The van der Waals surface area contributed by atoms with E-state index in [4.69, 9.17) is 4.74 Å². The molecule has 0 aliphatic rings. The smallest absolute Gasteiger partial charge is 0.251 e. The number of anilines is 1. The molecule has 2 amide bonds. The van der Waals surface area contributed by atoms with Gasteiger partial charge in [-0.25, -0.2) is 13.2 Å². The molecule has 3 aromatic carbocycles. The summed E-state index contributed by atoms with van der Waals surface area (Å²) < 4.78 is 46.4. The fourth-order valence-electron chi connectivity index (χ4n) is 3.06. The highest BCUT2D eigenvalue weighted by Crippen LogP contribution is 2.26. The average Bonchev–Trinajstić information content (AvgIpc) is 3.22. The Morgan fingerprint density at radius 2 is 1.73 bits per heavy atom. The van der Waals surface area contributed by atoms with Crippen molar-refractivity contribution in [2.75, 3.05) is 11.9 Å². The number of hydrogen-bond acceptors (Lipinski definition) is 4. The molecular formula is C23H17F3N4O3. The first-order valence-electron chi connectivity index (χ1n) is 9.79. The number of carbonyl (C=O) groups excluding carboxylic acids is 2. The van der Waals surface area contributed by atoms with Crippen molar-refractivity contribution in [1.82, 2.24) is 15.5 Å². The summed E-state index contributed by atoms with van der Waals surface area (Å²) in [5, 5.41) is 12.3. The lowest BCUT2D eigenvalue weighted by Gasteiger charge is -2.09. The minimum atomic E-state index is -1.31. The standard InChI is InChI=1S/C23H17F3N4O3/c24-17-7-8-18(25)21(26)16(17)12-33-14-6-9-19-15(10-14)22(30-29-19)28-20(31)11-27-23(32)13-4-2-1-3-5-13/h1-10H,11-12H2,(H,27,32)(H2,28,29,30,31). The van der Waals surface area contributed by atoms with Crippen LogP contribution in [0.15, 0.2) is 60.7 Å². The van der Waals surface area contributed by atoms with Crippen LogP contribution in [0.25, 0.3) is 10.9 Å². The third-order valence-corrected chi connectivity index (χ3v) is 4.76. The molecular weight excluding hydrogens is 437 g/mol. The SMILES string of the molecule is O=C(CNC(=O)c1ccccc1)Nc1n[nH]c2ccc(OCc3c(F)ccc(F)c3F)cc12. The summed E-state index contributed by atoms with van der Waals surface area (Å²) in [4.78, 5) is 24.3. The number of halogens is 3. The van der Waals surface area contributed by atoms with Gasteiger partial charge >= 0.3 is 0 Å². The lowest BCUT2D eigenvalue weighted by molar-refractivity contribution is -0.115. The van der Waals surface area contributed by atoms with E-state index in [9.17, 15) is 22.8 Å². The molecule has 0 atom stereocenters. The summed E-state index contributed by atoms with van der Waals surface area (Å²) in [6.07, 6.45) is 0. The topological polar surface area (TPSA) is 96.1 Å². The van der Waals surface area contributed by atoms with Crippen molar-refractivity contribution in [3.63, 3.8) is 0 Å². The minimum Gasteiger partial charge on any atom is -0.489 e. The average molecular weight is 454 g/mol. The lowest BCUT2D eigenvalue weighted by Crippen LogP contribution is -2.32. The van der Waals surface area contributed by atoms with Gasteiger partial charge in [0.1, 0.15) is 18.2 Å². The fourth-order valence-corrected chi connectivity index (χ4v) is 3.06. The molecule has 0 bridgehead atoms. The van der Waals surface area contributed by atoms with Crippen LogP contribution in [0.5, 0.6) is 5.75 Å². The first kappa shape index (κ1) is 21.9. The number of H-pyrrole nitrogens is 1. The summed E-state index contributed by atoms with van der Waals surface area (Å²) >= 11 is 0. The number of rotatable bonds is 7. The monoisotopic (exact) mass is 454 g/mol. The van der Waals surface area contributed by atoms with Crippen LogP contribution >= 0.6 is 0 Å². The number of benzene rings is 3. The predicted octanol–water partition coefficient (Wildman–Crippen LogP) is 3.93. The Morgan fingerprint density at radius 1 is 0.970 bits per heavy atom. The quantitative estimate of drug-likeness (QED) is 0.369. The molecule has 10 heteroatoms. The number of amides is 2. The maximum Gasteiger partial charge on any atom is 0.251 e. The Kier molecular flexibility index (Phi) is 6.25. The number of nitrogens with one attached hydrogen (secondary N) is 3. The Bertz CT molecular complexity index is 1330. The van der Waals surface area contributed by atoms with E-state index in [2.05, 4.69) is 20.8 Å². The third-order valence-electron chi connectivity index (χ3n) is 4.76. The van der Waals surface area contributed by atoms with Gasteiger partial charge in [-0.3, -0.25) is 14.7 Å². The van der Waals surface area contributed by atoms with E-state index < -0.39 is 41.4 Å². The van der Waals surface area contributed by atoms with Crippen molar-refractivity contribution in [2.24, 2.45) is 0 Å². The number of aromatic amines is 1. The van der Waals surface area contributed by atoms with E-state index in [1.54, 1.807) is 36.4 Å². The number of aromatic nitrogens is 2. The second-order valence-electron chi connectivity index (χ2n) is 6.99. The molecule has 0 saturated heterocycles.